The Labute approximate surface area is 173 Å². The van der Waals surface area contributed by atoms with Crippen LogP contribution in [0.2, 0.25) is 0 Å². The molecule has 1 aromatic carbocycles. The number of nitrogens with two attached hydrogens (primary N) is 1. The van der Waals surface area contributed by atoms with Crippen LogP contribution in [0.1, 0.15) is 5.56 Å². The minimum atomic E-state index is -4.49. The van der Waals surface area contributed by atoms with E-state index in [4.69, 9.17) is 32.9 Å². The number of hydrogen-bond acceptors (Lipinski definition) is 7. The van der Waals surface area contributed by atoms with Crippen LogP contribution in [0.25, 0.3) is 0 Å². The molecule has 9 nitrogen and oxygen atoms in total. The number of nitrogens with one attached hydrogen (secondary N) is 2. The second-order valence-corrected chi connectivity index (χ2v) is 6.84. The van der Waals surface area contributed by atoms with Gasteiger partial charge in [0.15, 0.2) is 5.11 Å². The van der Waals surface area contributed by atoms with Crippen molar-refractivity contribution in [3.05, 3.63) is 41.7 Å². The molecule has 166 valence electrons. The minimum Gasteiger partial charge on any atom is -0.478 e. The topological polar surface area (TPSA) is 157 Å². The first-order valence-corrected chi connectivity index (χ1v) is 8.94. The van der Waals surface area contributed by atoms with Crippen LogP contribution in [-0.2, 0) is 15.7 Å². The first kappa shape index (κ1) is 23.8. The van der Waals surface area contributed by atoms with Gasteiger partial charge in [-0.15, -0.1) is 0 Å². The van der Waals surface area contributed by atoms with Gasteiger partial charge < -0.3 is 41.5 Å². The number of benzene rings is 1. The highest BCUT2D eigenvalue weighted by atomic mass is 32.1. The monoisotopic (exact) mass is 451 g/mol. The lowest BCUT2D eigenvalue weighted by molar-refractivity contribution is -0.144. The van der Waals surface area contributed by atoms with Crippen molar-refractivity contribution in [1.82, 2.24) is 5.32 Å². The van der Waals surface area contributed by atoms with Gasteiger partial charge in [0.2, 0.25) is 5.76 Å². The zero-order chi connectivity index (χ0) is 22.6. The second kappa shape index (κ2) is 9.57. The Morgan fingerprint density at radius 1 is 1.27 bits per heavy atom. The van der Waals surface area contributed by atoms with E-state index in [1.54, 1.807) is 0 Å². The smallest absolute Gasteiger partial charge is 0.416 e. The summed E-state index contributed by atoms with van der Waals surface area (Å²) in [5.41, 5.74) is 5.31. The van der Waals surface area contributed by atoms with E-state index in [1.807, 2.05) is 0 Å². The first-order valence-electron chi connectivity index (χ1n) is 8.53. The number of aliphatic hydroxyl groups is 3. The Morgan fingerprint density at radius 3 is 2.37 bits per heavy atom. The van der Waals surface area contributed by atoms with Crippen LogP contribution in [0.15, 0.2) is 36.1 Å². The molecule has 0 radical (unpaired) electrons. The molecule has 1 aromatic rings. The molecule has 2 rings (SSSR count). The molecule has 30 heavy (non-hydrogen) atoms. The summed E-state index contributed by atoms with van der Waals surface area (Å²) in [6.45, 7) is -0.830. The van der Waals surface area contributed by atoms with E-state index in [0.717, 1.165) is 30.3 Å². The fraction of sp³-hybridized carbons (Fsp3) is 0.412. The van der Waals surface area contributed by atoms with Gasteiger partial charge in [-0.1, -0.05) is 0 Å². The van der Waals surface area contributed by atoms with E-state index in [1.165, 1.54) is 0 Å². The highest BCUT2D eigenvalue weighted by Gasteiger charge is 2.42. The molecule has 8 N–H and O–H groups in total. The zero-order valence-electron chi connectivity index (χ0n) is 15.2. The zero-order valence-corrected chi connectivity index (χ0v) is 16.0. The quantitative estimate of drug-likeness (QED) is 0.288. The normalized spacial score (nSPS) is 23.6. The summed E-state index contributed by atoms with van der Waals surface area (Å²) in [7, 11) is 0. The molecule has 1 aliphatic heterocycles. The summed E-state index contributed by atoms with van der Waals surface area (Å²) in [5.74, 6) is -2.01. The van der Waals surface area contributed by atoms with E-state index >= 15 is 0 Å². The lowest BCUT2D eigenvalue weighted by atomic mass is 9.93. The number of aliphatic carboxylic acids is 1. The van der Waals surface area contributed by atoms with Crippen molar-refractivity contribution in [3.63, 3.8) is 0 Å². The summed E-state index contributed by atoms with van der Waals surface area (Å²) < 4.78 is 43.1. The minimum absolute atomic E-state index is 0.110. The summed E-state index contributed by atoms with van der Waals surface area (Å²) >= 11 is 5.10. The number of aliphatic hydroxyl groups excluding tert-OH is 3. The summed E-state index contributed by atoms with van der Waals surface area (Å²) in [5, 5.41) is 43.3. The van der Waals surface area contributed by atoms with Gasteiger partial charge in [0, 0.05) is 5.69 Å². The van der Waals surface area contributed by atoms with Crippen LogP contribution in [0, 0.1) is 0 Å². The lowest BCUT2D eigenvalue weighted by Gasteiger charge is -2.39. The molecule has 0 aromatic heterocycles. The van der Waals surface area contributed by atoms with Gasteiger partial charge in [0.05, 0.1) is 24.3 Å². The van der Waals surface area contributed by atoms with Gasteiger partial charge in [-0.3, -0.25) is 0 Å². The van der Waals surface area contributed by atoms with Crippen LogP contribution in [-0.4, -0.2) is 68.5 Å². The van der Waals surface area contributed by atoms with Crippen molar-refractivity contribution < 1.29 is 43.1 Å². The molecule has 0 spiro atoms. The fourth-order valence-electron chi connectivity index (χ4n) is 2.73. The van der Waals surface area contributed by atoms with Crippen LogP contribution in [0.3, 0.4) is 0 Å². The molecule has 0 saturated heterocycles. The van der Waals surface area contributed by atoms with Crippen molar-refractivity contribution in [2.45, 2.75) is 36.6 Å². The predicted octanol–water partition coefficient (Wildman–Crippen LogP) is -0.231. The van der Waals surface area contributed by atoms with Gasteiger partial charge in [-0.25, -0.2) is 4.79 Å². The van der Waals surface area contributed by atoms with Gasteiger partial charge in [-0.2, -0.15) is 13.2 Å². The van der Waals surface area contributed by atoms with Crippen LogP contribution >= 0.6 is 12.2 Å². The Kier molecular flexibility index (Phi) is 7.60. The van der Waals surface area contributed by atoms with E-state index in [2.05, 4.69) is 10.6 Å². The molecule has 5 atom stereocenters. The van der Waals surface area contributed by atoms with Gasteiger partial charge in [0.25, 0.3) is 0 Å². The fourth-order valence-corrected chi connectivity index (χ4v) is 2.98. The molecule has 0 saturated carbocycles. The number of hydrogen-bond donors (Lipinski definition) is 7. The van der Waals surface area contributed by atoms with Crippen molar-refractivity contribution in [2.24, 2.45) is 5.73 Å². The van der Waals surface area contributed by atoms with Crippen molar-refractivity contribution in [3.8, 4) is 0 Å². The molecule has 0 bridgehead atoms. The number of carboxylic acids is 1. The molecule has 0 amide bonds. The average Bonchev–Trinajstić information content (AvgIpc) is 2.67. The number of thiocarbonyl (C=S) groups is 1. The molecular formula is C17H20F3N3O6S. The third-order valence-corrected chi connectivity index (χ3v) is 4.49. The van der Waals surface area contributed by atoms with E-state index < -0.39 is 60.5 Å². The maximum Gasteiger partial charge on any atom is 0.416 e. The Bertz CT molecular complexity index is 805. The SMILES string of the molecule is N[C@H]1C=C(C(=O)O)O[C@@H]([C@H](O)[C@H](O)CO)[C@@H]1NC(=S)Nc1ccc(C(F)(F)F)cc1. The second-order valence-electron chi connectivity index (χ2n) is 6.44. The largest absolute Gasteiger partial charge is 0.478 e. The van der Waals surface area contributed by atoms with Crippen LogP contribution < -0.4 is 16.4 Å². The summed E-state index contributed by atoms with van der Waals surface area (Å²) in [6.07, 6.45) is -8.22. The number of halogens is 3. The van der Waals surface area contributed by atoms with Crippen molar-refractivity contribution >= 4 is 29.0 Å². The molecule has 1 aliphatic rings. The number of carbonyl (C=O) groups is 1. The van der Waals surface area contributed by atoms with Crippen molar-refractivity contribution in [2.75, 3.05) is 11.9 Å². The van der Waals surface area contributed by atoms with E-state index in [9.17, 15) is 28.2 Å². The van der Waals surface area contributed by atoms with Crippen LogP contribution in [0.5, 0.6) is 0 Å². The Balaban J connectivity index is 2.16. The number of ether oxygens (including phenoxy) is 1. The Hall–Kier alpha value is -2.45. The maximum absolute atomic E-state index is 12.6. The van der Waals surface area contributed by atoms with Crippen molar-refractivity contribution in [1.29, 1.82) is 0 Å². The number of alkyl halides is 3. The van der Waals surface area contributed by atoms with Gasteiger partial charge in [-0.05, 0) is 42.6 Å². The third kappa shape index (κ3) is 5.79. The Morgan fingerprint density at radius 2 is 1.87 bits per heavy atom. The standard InChI is InChI=1S/C17H20F3N3O6S/c18-17(19,20)7-1-3-8(4-2-7)22-16(30)23-12-9(21)5-11(15(27)28)29-14(12)13(26)10(25)6-24/h1-5,9-10,12-14,24-26H,6,21H2,(H,27,28)(H2,22,23,30)/t9-,10+,12+,13+,14+/m0/s1. The summed E-state index contributed by atoms with van der Waals surface area (Å²) in [4.78, 5) is 11.2. The molecule has 0 unspecified atom stereocenters. The third-order valence-electron chi connectivity index (χ3n) is 4.27. The van der Waals surface area contributed by atoms with E-state index in [-0.39, 0.29) is 10.8 Å². The predicted molar refractivity (Wildman–Crippen MR) is 102 cm³/mol. The first-order chi connectivity index (χ1) is 13.9. The highest BCUT2D eigenvalue weighted by molar-refractivity contribution is 7.80. The molecule has 0 fully saturated rings. The maximum atomic E-state index is 12.6. The number of rotatable bonds is 6. The van der Waals surface area contributed by atoms with E-state index in [0.29, 0.717) is 0 Å². The molecular weight excluding hydrogens is 431 g/mol. The van der Waals surface area contributed by atoms with Gasteiger partial charge >= 0.3 is 12.1 Å². The highest BCUT2D eigenvalue weighted by Crippen LogP contribution is 2.30. The molecule has 1 heterocycles. The van der Waals surface area contributed by atoms with Crippen LogP contribution in [0.4, 0.5) is 18.9 Å². The molecule has 0 aliphatic carbocycles. The lowest BCUT2D eigenvalue weighted by Crippen LogP contribution is -2.62. The number of anilines is 1. The summed E-state index contributed by atoms with van der Waals surface area (Å²) in [6, 6.07) is 1.93. The van der Waals surface area contributed by atoms with Gasteiger partial charge in [0.1, 0.15) is 18.3 Å². The average molecular weight is 451 g/mol. The molecule has 13 heteroatoms. The number of carboxylic acid groups (broad SMARTS) is 1.